The van der Waals surface area contributed by atoms with Gasteiger partial charge in [0.15, 0.2) is 0 Å². The second-order valence-electron chi connectivity index (χ2n) is 2.59. The van der Waals surface area contributed by atoms with Crippen LogP contribution < -0.4 is 22.9 Å². The number of primary amides is 2. The van der Waals surface area contributed by atoms with Crippen LogP contribution in [0.5, 0.6) is 0 Å². The lowest BCUT2D eigenvalue weighted by atomic mass is 10.3. The lowest BCUT2D eigenvalue weighted by Crippen LogP contribution is -2.39. The molecule has 8 N–H and O–H groups in total. The van der Waals surface area contributed by atoms with Crippen LogP contribution in [0.15, 0.2) is 0 Å². The van der Waals surface area contributed by atoms with Crippen LogP contribution in [0.2, 0.25) is 0 Å². The second-order valence-corrected chi connectivity index (χ2v) is 5.14. The third-order valence-corrected chi connectivity index (χ3v) is 3.78. The number of hydrogen-bond donors (Lipinski definition) is 4. The van der Waals surface area contributed by atoms with Crippen LogP contribution in [-0.2, 0) is 9.59 Å². The van der Waals surface area contributed by atoms with Gasteiger partial charge in [0.2, 0.25) is 11.8 Å². The maximum Gasteiger partial charge on any atom is 0.235 e. The van der Waals surface area contributed by atoms with Crippen molar-refractivity contribution >= 4 is 33.4 Å². The van der Waals surface area contributed by atoms with Crippen molar-refractivity contribution in [3.05, 3.63) is 0 Å². The summed E-state index contributed by atoms with van der Waals surface area (Å²) in [6.07, 6.45) is 0. The molecular formula is C6H14N4O2S2. The Bertz CT molecular complexity index is 192. The Hall–Kier alpha value is -0.440. The summed E-state index contributed by atoms with van der Waals surface area (Å²) in [4.78, 5) is 21.0. The lowest BCUT2D eigenvalue weighted by Gasteiger charge is -2.08. The smallest absolute Gasteiger partial charge is 0.235 e. The molecule has 0 radical (unpaired) electrons. The largest absolute Gasteiger partial charge is 0.368 e. The Morgan fingerprint density at radius 3 is 1.43 bits per heavy atom. The van der Waals surface area contributed by atoms with Gasteiger partial charge in [-0.1, -0.05) is 21.6 Å². The standard InChI is InChI=1S/C6H14N4O2S2/c7-3(5(9)11)1-13-14-2-4(8)6(10)12/h3-4H,1-2,7-8H2,(H2,9,11)(H2,10,12)/t3-,4-/m0/s1. The quantitative estimate of drug-likeness (QED) is 0.299. The van der Waals surface area contributed by atoms with Gasteiger partial charge in [0, 0.05) is 11.5 Å². The van der Waals surface area contributed by atoms with Gasteiger partial charge >= 0.3 is 0 Å². The molecule has 2 amide bonds. The maximum atomic E-state index is 10.5. The number of carbonyl (C=O) groups excluding carboxylic acids is 2. The number of rotatable bonds is 7. The zero-order valence-corrected chi connectivity index (χ0v) is 9.14. The molecule has 0 aromatic carbocycles. The van der Waals surface area contributed by atoms with Gasteiger partial charge in [-0.2, -0.15) is 0 Å². The van der Waals surface area contributed by atoms with E-state index in [0.29, 0.717) is 11.5 Å². The van der Waals surface area contributed by atoms with Crippen LogP contribution in [0.25, 0.3) is 0 Å². The fourth-order valence-electron chi connectivity index (χ4n) is 0.407. The third kappa shape index (κ3) is 6.08. The van der Waals surface area contributed by atoms with Crippen LogP contribution in [0.3, 0.4) is 0 Å². The molecule has 0 aromatic rings. The first-order chi connectivity index (χ1) is 6.45. The van der Waals surface area contributed by atoms with Gasteiger partial charge in [-0.15, -0.1) is 0 Å². The molecule has 2 atom stereocenters. The van der Waals surface area contributed by atoms with Gasteiger partial charge in [0.1, 0.15) is 0 Å². The van der Waals surface area contributed by atoms with Gasteiger partial charge in [-0.25, -0.2) is 0 Å². The Kier molecular flexibility index (Phi) is 6.71. The minimum atomic E-state index is -0.669. The highest BCUT2D eigenvalue weighted by atomic mass is 33.1. The van der Waals surface area contributed by atoms with Crippen molar-refractivity contribution in [3.63, 3.8) is 0 Å². The van der Waals surface area contributed by atoms with Crippen LogP contribution in [0.4, 0.5) is 0 Å². The summed E-state index contributed by atoms with van der Waals surface area (Å²) in [6, 6.07) is -1.34. The minimum absolute atomic E-state index is 0.394. The fourth-order valence-corrected chi connectivity index (χ4v) is 2.68. The van der Waals surface area contributed by atoms with Gasteiger partial charge < -0.3 is 22.9 Å². The topological polar surface area (TPSA) is 138 Å². The molecule has 0 saturated carbocycles. The molecule has 14 heavy (non-hydrogen) atoms. The first kappa shape index (κ1) is 13.6. The molecule has 0 rings (SSSR count). The molecule has 0 aliphatic carbocycles. The molecule has 0 aromatic heterocycles. The Morgan fingerprint density at radius 2 is 1.21 bits per heavy atom. The Morgan fingerprint density at radius 1 is 0.929 bits per heavy atom. The van der Waals surface area contributed by atoms with E-state index in [1.807, 2.05) is 0 Å². The summed E-state index contributed by atoms with van der Waals surface area (Å²) >= 11 is 0. The van der Waals surface area contributed by atoms with Crippen molar-refractivity contribution < 1.29 is 9.59 Å². The van der Waals surface area contributed by atoms with Crippen molar-refractivity contribution in [1.82, 2.24) is 0 Å². The van der Waals surface area contributed by atoms with E-state index in [4.69, 9.17) is 22.9 Å². The minimum Gasteiger partial charge on any atom is -0.368 e. The first-order valence-electron chi connectivity index (χ1n) is 3.79. The van der Waals surface area contributed by atoms with Gasteiger partial charge in [0.05, 0.1) is 12.1 Å². The van der Waals surface area contributed by atoms with Crippen molar-refractivity contribution in [2.24, 2.45) is 22.9 Å². The molecule has 0 bridgehead atoms. The molecule has 0 saturated heterocycles. The molecule has 6 nitrogen and oxygen atoms in total. The van der Waals surface area contributed by atoms with Crippen molar-refractivity contribution in [1.29, 1.82) is 0 Å². The van der Waals surface area contributed by atoms with E-state index in [9.17, 15) is 9.59 Å². The average Bonchev–Trinajstić information content (AvgIpc) is 2.11. The fraction of sp³-hybridized carbons (Fsp3) is 0.667. The van der Waals surface area contributed by atoms with E-state index in [1.54, 1.807) is 0 Å². The molecule has 0 spiro atoms. The van der Waals surface area contributed by atoms with Crippen LogP contribution in [0.1, 0.15) is 0 Å². The predicted molar refractivity (Wildman–Crippen MR) is 59.3 cm³/mol. The van der Waals surface area contributed by atoms with Crippen molar-refractivity contribution in [2.45, 2.75) is 12.1 Å². The molecule has 0 unspecified atom stereocenters. The summed E-state index contributed by atoms with van der Waals surface area (Å²) in [7, 11) is 2.68. The van der Waals surface area contributed by atoms with E-state index < -0.39 is 23.9 Å². The maximum absolute atomic E-state index is 10.5. The lowest BCUT2D eigenvalue weighted by molar-refractivity contribution is -0.119. The number of nitrogens with two attached hydrogens (primary N) is 4. The zero-order valence-electron chi connectivity index (χ0n) is 7.51. The summed E-state index contributed by atoms with van der Waals surface area (Å²) in [5, 5.41) is 0. The highest BCUT2D eigenvalue weighted by Gasteiger charge is 2.11. The van der Waals surface area contributed by atoms with Gasteiger partial charge in [-0.05, 0) is 0 Å². The number of amides is 2. The van der Waals surface area contributed by atoms with Crippen LogP contribution >= 0.6 is 21.6 Å². The Labute approximate surface area is 89.9 Å². The highest BCUT2D eigenvalue weighted by Crippen LogP contribution is 2.21. The molecule has 0 fully saturated rings. The molecule has 0 aliphatic heterocycles. The normalized spacial score (nSPS) is 14.7. The molecular weight excluding hydrogens is 224 g/mol. The average molecular weight is 238 g/mol. The number of carbonyl (C=O) groups is 2. The van der Waals surface area contributed by atoms with E-state index in [-0.39, 0.29) is 0 Å². The van der Waals surface area contributed by atoms with Crippen LogP contribution in [-0.4, -0.2) is 35.4 Å². The van der Waals surface area contributed by atoms with Crippen LogP contribution in [0, 0.1) is 0 Å². The summed E-state index contributed by atoms with van der Waals surface area (Å²) in [6.45, 7) is 0. The zero-order chi connectivity index (χ0) is 11.1. The van der Waals surface area contributed by atoms with Crippen molar-refractivity contribution in [2.75, 3.05) is 11.5 Å². The summed E-state index contributed by atoms with van der Waals surface area (Å²) in [5.74, 6) is -0.300. The van der Waals surface area contributed by atoms with E-state index >= 15 is 0 Å². The monoisotopic (exact) mass is 238 g/mol. The number of hydrogen-bond acceptors (Lipinski definition) is 6. The highest BCUT2D eigenvalue weighted by molar-refractivity contribution is 8.76. The second kappa shape index (κ2) is 6.93. The van der Waals surface area contributed by atoms with E-state index in [0.717, 1.165) is 0 Å². The van der Waals surface area contributed by atoms with Gasteiger partial charge in [-0.3, -0.25) is 9.59 Å². The first-order valence-corrected chi connectivity index (χ1v) is 6.28. The SMILES string of the molecule is NC(=O)[C@@H](N)CSSC[C@H](N)C(N)=O. The molecule has 8 heteroatoms. The van der Waals surface area contributed by atoms with E-state index in [1.165, 1.54) is 21.6 Å². The van der Waals surface area contributed by atoms with E-state index in [2.05, 4.69) is 0 Å². The third-order valence-electron chi connectivity index (χ3n) is 1.31. The molecule has 82 valence electrons. The summed E-state index contributed by atoms with van der Waals surface area (Å²) < 4.78 is 0. The van der Waals surface area contributed by atoms with Crippen molar-refractivity contribution in [3.8, 4) is 0 Å². The molecule has 0 aliphatic rings. The predicted octanol–water partition coefficient (Wildman–Crippen LogP) is -2.01. The molecule has 0 heterocycles. The van der Waals surface area contributed by atoms with Gasteiger partial charge in [0.25, 0.3) is 0 Å². The summed E-state index contributed by atoms with van der Waals surface area (Å²) in [5.41, 5.74) is 20.6. The Balaban J connectivity index is 3.47.